The fraction of sp³-hybridized carbons (Fsp3) is 0.556. The van der Waals surface area contributed by atoms with Crippen LogP contribution in [0, 0.1) is 12.7 Å². The zero-order valence-corrected chi connectivity index (χ0v) is 22.0. The number of aryl methyl sites for hydroxylation is 1. The van der Waals surface area contributed by atoms with Crippen LogP contribution in [0.3, 0.4) is 0 Å². The molecule has 1 amide bonds. The number of hydrogen-bond acceptors (Lipinski definition) is 7. The average Bonchev–Trinajstić information content (AvgIpc) is 3.58. The van der Waals surface area contributed by atoms with Crippen molar-refractivity contribution in [3.8, 4) is 17.4 Å². The average molecular weight is 517 g/mol. The van der Waals surface area contributed by atoms with E-state index < -0.39 is 5.82 Å². The van der Waals surface area contributed by atoms with Gasteiger partial charge in [0.25, 0.3) is 0 Å². The van der Waals surface area contributed by atoms with Crippen molar-refractivity contribution in [1.82, 2.24) is 9.88 Å². The number of pyridine rings is 1. The Morgan fingerprint density at radius 1 is 1.28 bits per heavy atom. The summed E-state index contributed by atoms with van der Waals surface area (Å²) < 4.78 is 38.6. The molecule has 1 saturated carbocycles. The first-order chi connectivity index (χ1) is 17.3. The van der Waals surface area contributed by atoms with Gasteiger partial charge in [0.15, 0.2) is 11.6 Å². The quantitative estimate of drug-likeness (QED) is 0.424. The topological polar surface area (TPSA) is 70.1 Å². The maximum absolute atomic E-state index is 14.6. The normalized spacial score (nSPS) is 24.2. The molecule has 0 N–H and O–H groups in total. The summed E-state index contributed by atoms with van der Waals surface area (Å²) in [6.45, 7) is 6.85. The van der Waals surface area contributed by atoms with Crippen LogP contribution in [-0.4, -0.2) is 59.2 Å². The van der Waals surface area contributed by atoms with Crippen LogP contribution in [0.4, 0.5) is 9.18 Å². The van der Waals surface area contributed by atoms with E-state index >= 15 is 0 Å². The van der Waals surface area contributed by atoms with Crippen LogP contribution in [-0.2, 0) is 15.9 Å². The molecule has 2 atom stereocenters. The minimum Gasteiger partial charge on any atom is -0.489 e. The van der Waals surface area contributed by atoms with Crippen LogP contribution in [0.25, 0.3) is 0 Å². The molecule has 1 aromatic carbocycles. The number of amides is 1. The van der Waals surface area contributed by atoms with Crippen molar-refractivity contribution in [1.29, 1.82) is 0 Å². The summed E-state index contributed by atoms with van der Waals surface area (Å²) in [6.07, 6.45) is 7.16. The molecule has 2 bridgehead atoms. The molecule has 0 spiro atoms. The molecule has 2 saturated heterocycles. The van der Waals surface area contributed by atoms with Crippen molar-refractivity contribution < 1.29 is 28.1 Å². The molecule has 3 fully saturated rings. The van der Waals surface area contributed by atoms with Gasteiger partial charge in [-0.25, -0.2) is 14.2 Å². The van der Waals surface area contributed by atoms with Crippen LogP contribution >= 0.6 is 11.8 Å². The molecule has 2 aromatic rings. The van der Waals surface area contributed by atoms with E-state index in [0.29, 0.717) is 37.7 Å². The number of benzene rings is 1. The Hall–Kier alpha value is -2.52. The Kier molecular flexibility index (Phi) is 7.05. The lowest BCUT2D eigenvalue weighted by atomic mass is 9.92. The van der Waals surface area contributed by atoms with Gasteiger partial charge in [-0.1, -0.05) is 6.92 Å². The van der Waals surface area contributed by atoms with Crippen molar-refractivity contribution in [2.75, 3.05) is 19.5 Å². The summed E-state index contributed by atoms with van der Waals surface area (Å²) in [7, 11) is 0. The molecule has 3 aliphatic rings. The lowest BCUT2D eigenvalue weighted by Crippen LogP contribution is -2.61. The molecule has 0 radical (unpaired) electrons. The summed E-state index contributed by atoms with van der Waals surface area (Å²) >= 11 is 1.47. The highest BCUT2D eigenvalue weighted by Crippen LogP contribution is 2.41. The number of halogens is 1. The van der Waals surface area contributed by atoms with Crippen LogP contribution < -0.4 is 9.47 Å². The van der Waals surface area contributed by atoms with E-state index in [1.165, 1.54) is 17.8 Å². The number of hydrogen-bond donors (Lipinski definition) is 0. The molecule has 5 rings (SSSR count). The van der Waals surface area contributed by atoms with Crippen LogP contribution in [0.2, 0.25) is 0 Å². The van der Waals surface area contributed by atoms with Crippen LogP contribution in [0.1, 0.15) is 50.7 Å². The maximum Gasteiger partial charge on any atom is 0.410 e. The van der Waals surface area contributed by atoms with Crippen molar-refractivity contribution >= 4 is 17.9 Å². The van der Waals surface area contributed by atoms with Crippen molar-refractivity contribution in [3.05, 3.63) is 41.3 Å². The number of piperidine rings is 1. The Bertz CT molecular complexity index is 1130. The lowest BCUT2D eigenvalue weighted by Gasteiger charge is -2.47. The Labute approximate surface area is 215 Å². The molecule has 2 unspecified atom stereocenters. The molecule has 194 valence electrons. The van der Waals surface area contributed by atoms with E-state index in [-0.39, 0.29) is 35.6 Å². The van der Waals surface area contributed by atoms with Gasteiger partial charge in [0, 0.05) is 29.5 Å². The van der Waals surface area contributed by atoms with Gasteiger partial charge in [-0.3, -0.25) is 4.90 Å². The van der Waals surface area contributed by atoms with E-state index in [0.717, 1.165) is 35.3 Å². The fourth-order valence-corrected chi connectivity index (χ4v) is 5.34. The SMILES string of the molecule is CCc1cnc(Oc2ccc(SC)cc2F)c(C)c1OC1CC2COCC(C1)N2C(=O)OC1(C)CC1. The molecular weight excluding hydrogens is 483 g/mol. The second-order valence-electron chi connectivity index (χ2n) is 10.1. The van der Waals surface area contributed by atoms with E-state index in [1.54, 1.807) is 12.3 Å². The van der Waals surface area contributed by atoms with E-state index in [4.69, 9.17) is 18.9 Å². The number of carbonyl (C=O) groups excluding carboxylic acids is 1. The molecule has 36 heavy (non-hydrogen) atoms. The summed E-state index contributed by atoms with van der Waals surface area (Å²) in [4.78, 5) is 20.1. The smallest absolute Gasteiger partial charge is 0.410 e. The largest absolute Gasteiger partial charge is 0.489 e. The second kappa shape index (κ2) is 10.1. The van der Waals surface area contributed by atoms with Gasteiger partial charge in [-0.15, -0.1) is 11.8 Å². The summed E-state index contributed by atoms with van der Waals surface area (Å²) in [5.41, 5.74) is 1.38. The van der Waals surface area contributed by atoms with Crippen LogP contribution in [0.15, 0.2) is 29.3 Å². The van der Waals surface area contributed by atoms with Crippen molar-refractivity contribution in [2.45, 2.75) is 81.6 Å². The minimum absolute atomic E-state index is 0.0932. The second-order valence-corrected chi connectivity index (χ2v) is 11.0. The zero-order valence-electron chi connectivity index (χ0n) is 21.2. The number of rotatable bonds is 7. The van der Waals surface area contributed by atoms with E-state index in [2.05, 4.69) is 4.98 Å². The zero-order chi connectivity index (χ0) is 25.4. The van der Waals surface area contributed by atoms with Crippen LogP contribution in [0.5, 0.6) is 17.4 Å². The van der Waals surface area contributed by atoms with Crippen molar-refractivity contribution in [2.24, 2.45) is 0 Å². The Morgan fingerprint density at radius 3 is 2.61 bits per heavy atom. The van der Waals surface area contributed by atoms with Gasteiger partial charge in [0.05, 0.1) is 30.9 Å². The molecule has 9 heteroatoms. The van der Waals surface area contributed by atoms with Gasteiger partial charge >= 0.3 is 6.09 Å². The third kappa shape index (κ3) is 5.13. The highest BCUT2D eigenvalue weighted by molar-refractivity contribution is 7.98. The van der Waals surface area contributed by atoms with Gasteiger partial charge in [-0.2, -0.15) is 0 Å². The summed E-state index contributed by atoms with van der Waals surface area (Å²) in [5.74, 6) is 0.730. The number of thioether (sulfide) groups is 1. The first-order valence-electron chi connectivity index (χ1n) is 12.6. The lowest BCUT2D eigenvalue weighted by molar-refractivity contribution is -0.0952. The first kappa shape index (κ1) is 25.1. The predicted molar refractivity (Wildman–Crippen MR) is 135 cm³/mol. The molecule has 2 aliphatic heterocycles. The Morgan fingerprint density at radius 2 is 2.00 bits per heavy atom. The molecule has 3 heterocycles. The summed E-state index contributed by atoms with van der Waals surface area (Å²) in [5, 5.41) is 0. The third-order valence-electron chi connectivity index (χ3n) is 7.28. The third-order valence-corrected chi connectivity index (χ3v) is 8.00. The number of nitrogens with zero attached hydrogens (tertiary/aromatic N) is 2. The van der Waals surface area contributed by atoms with Gasteiger partial charge in [0.2, 0.25) is 5.88 Å². The molecule has 1 aliphatic carbocycles. The number of fused-ring (bicyclic) bond motifs is 2. The number of carbonyl (C=O) groups is 1. The standard InChI is InChI=1S/C27H33FN2O5S/c1-5-17-13-29-25(34-23-7-6-21(36-4)12-22(23)28)16(2)24(17)33-20-10-18-14-32-15-19(11-20)30(18)26(31)35-27(3)8-9-27/h6-7,12-13,18-20H,5,8-11,14-15H2,1-4H3. The maximum atomic E-state index is 14.6. The first-order valence-corrected chi connectivity index (χ1v) is 13.8. The molecule has 7 nitrogen and oxygen atoms in total. The van der Waals surface area contributed by atoms with E-state index in [9.17, 15) is 9.18 Å². The highest BCUT2D eigenvalue weighted by Gasteiger charge is 2.48. The monoisotopic (exact) mass is 516 g/mol. The van der Waals surface area contributed by atoms with Gasteiger partial charge in [0.1, 0.15) is 17.5 Å². The predicted octanol–water partition coefficient (Wildman–Crippen LogP) is 5.91. The number of morpholine rings is 1. The van der Waals surface area contributed by atoms with Gasteiger partial charge in [-0.05, 0) is 57.6 Å². The Balaban J connectivity index is 1.33. The minimum atomic E-state index is -0.433. The summed E-state index contributed by atoms with van der Waals surface area (Å²) in [6, 6.07) is 4.71. The van der Waals surface area contributed by atoms with Gasteiger partial charge < -0.3 is 18.9 Å². The van der Waals surface area contributed by atoms with E-state index in [1.807, 2.05) is 38.0 Å². The highest BCUT2D eigenvalue weighted by atomic mass is 32.2. The number of aromatic nitrogens is 1. The number of ether oxygens (including phenoxy) is 4. The van der Waals surface area contributed by atoms with Crippen molar-refractivity contribution in [3.63, 3.8) is 0 Å². The fourth-order valence-electron chi connectivity index (χ4n) is 4.91. The molecular formula is C27H33FN2O5S. The molecule has 1 aromatic heterocycles.